The van der Waals surface area contributed by atoms with Crippen LogP contribution < -0.4 is 9.64 Å². The molecule has 0 spiro atoms. The molecule has 2 aromatic rings. The van der Waals surface area contributed by atoms with Gasteiger partial charge in [0, 0.05) is 18.7 Å². The van der Waals surface area contributed by atoms with E-state index in [2.05, 4.69) is 0 Å². The SMILES string of the molecule is COc1ccc(CN2C(=O)C(=C(C#N)C#N)c3cc(S(=O)(=O)N4CCOCC4)ccc32)cc1. The third-order valence-electron chi connectivity index (χ3n) is 5.57. The summed E-state index contributed by atoms with van der Waals surface area (Å²) in [6, 6.07) is 15.0. The largest absolute Gasteiger partial charge is 0.497 e. The number of morpholine rings is 1. The minimum atomic E-state index is -3.83. The number of nitriles is 2. The van der Waals surface area contributed by atoms with Gasteiger partial charge in [-0.15, -0.1) is 0 Å². The molecule has 1 fully saturated rings. The first-order valence-electron chi connectivity index (χ1n) is 10.1. The van der Waals surface area contributed by atoms with Gasteiger partial charge in [0.15, 0.2) is 0 Å². The van der Waals surface area contributed by atoms with E-state index in [9.17, 15) is 23.7 Å². The van der Waals surface area contributed by atoms with Crippen LogP contribution in [0.2, 0.25) is 0 Å². The van der Waals surface area contributed by atoms with Crippen LogP contribution in [0, 0.1) is 22.7 Å². The lowest BCUT2D eigenvalue weighted by Crippen LogP contribution is -2.40. The maximum absolute atomic E-state index is 13.3. The van der Waals surface area contributed by atoms with Crippen LogP contribution >= 0.6 is 0 Å². The molecule has 10 heteroatoms. The van der Waals surface area contributed by atoms with Gasteiger partial charge in [-0.05, 0) is 35.9 Å². The van der Waals surface area contributed by atoms with Crippen LogP contribution in [0.15, 0.2) is 52.9 Å². The van der Waals surface area contributed by atoms with Crippen molar-refractivity contribution in [2.75, 3.05) is 38.3 Å². The zero-order valence-corrected chi connectivity index (χ0v) is 18.6. The zero-order valence-electron chi connectivity index (χ0n) is 17.8. The lowest BCUT2D eigenvalue weighted by Gasteiger charge is -2.26. The number of sulfonamides is 1. The molecule has 0 aliphatic carbocycles. The molecule has 4 rings (SSSR count). The molecule has 168 valence electrons. The summed E-state index contributed by atoms with van der Waals surface area (Å²) in [5, 5.41) is 18.9. The first-order chi connectivity index (χ1) is 15.9. The van der Waals surface area contributed by atoms with E-state index in [-0.39, 0.29) is 41.2 Å². The number of carbonyl (C=O) groups excluding carboxylic acids is 1. The van der Waals surface area contributed by atoms with Crippen molar-refractivity contribution >= 4 is 27.2 Å². The number of ether oxygens (including phenoxy) is 2. The number of methoxy groups -OCH3 is 1. The summed E-state index contributed by atoms with van der Waals surface area (Å²) in [4.78, 5) is 14.7. The Labute approximate surface area is 191 Å². The number of allylic oxidation sites excluding steroid dienone is 1. The molecule has 9 nitrogen and oxygen atoms in total. The van der Waals surface area contributed by atoms with Crippen molar-refractivity contribution in [3.8, 4) is 17.9 Å². The van der Waals surface area contributed by atoms with Crippen molar-refractivity contribution in [2.24, 2.45) is 0 Å². The summed E-state index contributed by atoms with van der Waals surface area (Å²) in [7, 11) is -2.27. The quantitative estimate of drug-likeness (QED) is 0.490. The predicted octanol–water partition coefficient (Wildman–Crippen LogP) is 2.06. The molecule has 0 atom stereocenters. The molecule has 0 unspecified atom stereocenters. The summed E-state index contributed by atoms with van der Waals surface area (Å²) >= 11 is 0. The minimum Gasteiger partial charge on any atom is -0.497 e. The molecule has 33 heavy (non-hydrogen) atoms. The Morgan fingerprint density at radius 2 is 1.76 bits per heavy atom. The van der Waals surface area contributed by atoms with Gasteiger partial charge in [-0.2, -0.15) is 14.8 Å². The van der Waals surface area contributed by atoms with Crippen LogP contribution in [0.4, 0.5) is 5.69 Å². The Morgan fingerprint density at radius 1 is 1.09 bits per heavy atom. The maximum Gasteiger partial charge on any atom is 0.261 e. The highest BCUT2D eigenvalue weighted by atomic mass is 32.2. The van der Waals surface area contributed by atoms with Crippen molar-refractivity contribution in [1.82, 2.24) is 4.31 Å². The summed E-state index contributed by atoms with van der Waals surface area (Å²) in [6.45, 7) is 1.24. The molecule has 0 aromatic heterocycles. The fourth-order valence-electron chi connectivity index (χ4n) is 3.86. The highest BCUT2D eigenvalue weighted by Gasteiger charge is 2.37. The van der Waals surface area contributed by atoms with Crippen molar-refractivity contribution in [3.63, 3.8) is 0 Å². The molecule has 0 N–H and O–H groups in total. The number of nitrogens with zero attached hydrogens (tertiary/aromatic N) is 4. The van der Waals surface area contributed by atoms with Gasteiger partial charge in [0.05, 0.1) is 43.0 Å². The Balaban J connectivity index is 1.79. The second-order valence-electron chi connectivity index (χ2n) is 7.41. The number of rotatable bonds is 5. The minimum absolute atomic E-state index is 0.00465. The van der Waals surface area contributed by atoms with Crippen molar-refractivity contribution < 1.29 is 22.7 Å². The van der Waals surface area contributed by atoms with E-state index in [4.69, 9.17) is 9.47 Å². The molecule has 1 amide bonds. The predicted molar refractivity (Wildman–Crippen MR) is 118 cm³/mol. The highest BCUT2D eigenvalue weighted by molar-refractivity contribution is 7.89. The van der Waals surface area contributed by atoms with Crippen LogP contribution in [0.5, 0.6) is 5.75 Å². The molecule has 2 aliphatic rings. The first kappa shape index (κ1) is 22.5. The number of hydrogen-bond donors (Lipinski definition) is 0. The number of carbonyl (C=O) groups is 1. The normalized spacial score (nSPS) is 16.2. The van der Waals surface area contributed by atoms with Crippen LogP contribution in [0.1, 0.15) is 11.1 Å². The molecule has 2 heterocycles. The van der Waals surface area contributed by atoms with Gasteiger partial charge in [0.2, 0.25) is 10.0 Å². The summed E-state index contributed by atoms with van der Waals surface area (Å²) in [5.74, 6) is 0.140. The maximum atomic E-state index is 13.3. The Hall–Kier alpha value is -3.70. The molecule has 0 bridgehead atoms. The second-order valence-corrected chi connectivity index (χ2v) is 9.35. The van der Waals surface area contributed by atoms with E-state index in [1.165, 1.54) is 21.3 Å². The van der Waals surface area contributed by atoms with Gasteiger partial charge in [0.25, 0.3) is 5.91 Å². The van der Waals surface area contributed by atoms with E-state index in [1.807, 2.05) is 0 Å². The number of fused-ring (bicyclic) bond motifs is 1. The average molecular weight is 465 g/mol. The van der Waals surface area contributed by atoms with Crippen LogP contribution in [0.3, 0.4) is 0 Å². The first-order valence-corrected chi connectivity index (χ1v) is 11.6. The number of anilines is 1. The van der Waals surface area contributed by atoms with E-state index in [0.717, 1.165) is 5.56 Å². The van der Waals surface area contributed by atoms with Gasteiger partial charge in [-0.25, -0.2) is 8.42 Å². The third kappa shape index (κ3) is 4.08. The number of hydrogen-bond acceptors (Lipinski definition) is 7. The van der Waals surface area contributed by atoms with Gasteiger partial charge < -0.3 is 14.4 Å². The second kappa shape index (κ2) is 9.04. The molecule has 0 saturated carbocycles. The average Bonchev–Trinajstić information content (AvgIpc) is 3.12. The molecule has 0 radical (unpaired) electrons. The fraction of sp³-hybridized carbons (Fsp3) is 0.261. The summed E-state index contributed by atoms with van der Waals surface area (Å²) in [6.07, 6.45) is 0. The topological polar surface area (TPSA) is 124 Å². The third-order valence-corrected chi connectivity index (χ3v) is 7.46. The zero-order chi connectivity index (χ0) is 23.6. The number of benzene rings is 2. The number of amides is 1. The Bertz CT molecular complexity index is 1300. The monoisotopic (exact) mass is 464 g/mol. The summed E-state index contributed by atoms with van der Waals surface area (Å²) < 4.78 is 38.0. The molecular formula is C23H20N4O5S. The molecule has 1 saturated heterocycles. The van der Waals surface area contributed by atoms with Crippen molar-refractivity contribution in [3.05, 3.63) is 59.2 Å². The van der Waals surface area contributed by atoms with Crippen molar-refractivity contribution in [2.45, 2.75) is 11.4 Å². The molecular weight excluding hydrogens is 444 g/mol. The van der Waals surface area contributed by atoms with Gasteiger partial charge in [0.1, 0.15) is 23.5 Å². The lowest BCUT2D eigenvalue weighted by atomic mass is 10.0. The molecule has 2 aliphatic heterocycles. The Morgan fingerprint density at radius 3 is 2.36 bits per heavy atom. The van der Waals surface area contributed by atoms with Crippen LogP contribution in [-0.2, 0) is 26.1 Å². The van der Waals surface area contributed by atoms with E-state index >= 15 is 0 Å². The standard InChI is InChI=1S/C23H20N4O5S/c1-31-18-4-2-16(3-5-18)15-27-21-7-6-19(33(29,30)26-8-10-32-11-9-26)12-20(21)22(23(27)28)17(13-24)14-25/h2-7,12H,8-11,15H2,1H3. The highest BCUT2D eigenvalue weighted by Crippen LogP contribution is 2.41. The van der Waals surface area contributed by atoms with Gasteiger partial charge in [-0.1, -0.05) is 12.1 Å². The lowest BCUT2D eigenvalue weighted by molar-refractivity contribution is -0.113. The van der Waals surface area contributed by atoms with Crippen molar-refractivity contribution in [1.29, 1.82) is 10.5 Å². The van der Waals surface area contributed by atoms with E-state index in [1.54, 1.807) is 49.6 Å². The van der Waals surface area contributed by atoms with E-state index in [0.29, 0.717) is 24.7 Å². The van der Waals surface area contributed by atoms with Gasteiger partial charge >= 0.3 is 0 Å². The smallest absolute Gasteiger partial charge is 0.261 e. The molecule has 2 aromatic carbocycles. The fourth-order valence-corrected chi connectivity index (χ4v) is 5.29. The van der Waals surface area contributed by atoms with Gasteiger partial charge in [-0.3, -0.25) is 4.79 Å². The van der Waals surface area contributed by atoms with E-state index < -0.39 is 15.9 Å². The summed E-state index contributed by atoms with van der Waals surface area (Å²) in [5.41, 5.74) is 1.04. The van der Waals surface area contributed by atoms with Crippen LogP contribution in [-0.4, -0.2) is 52.0 Å². The Kier molecular flexibility index (Phi) is 6.16. The van der Waals surface area contributed by atoms with Crippen LogP contribution in [0.25, 0.3) is 5.57 Å².